The van der Waals surface area contributed by atoms with Crippen molar-refractivity contribution in [1.29, 1.82) is 0 Å². The fourth-order valence-corrected chi connectivity index (χ4v) is 2.04. The molecule has 1 aromatic rings. The first kappa shape index (κ1) is 11.2. The van der Waals surface area contributed by atoms with Crippen LogP contribution in [0.5, 0.6) is 0 Å². The second-order valence-corrected chi connectivity index (χ2v) is 4.34. The zero-order valence-electron chi connectivity index (χ0n) is 9.82. The molecule has 0 spiro atoms. The summed E-state index contributed by atoms with van der Waals surface area (Å²) in [5.74, 6) is 2.06. The zero-order valence-corrected chi connectivity index (χ0v) is 9.82. The standard InChI is InChI=1S/C12H18N2O2/c1-9-3-4-12(16-9)7-13-11-5-6-14(8-11)10(2)15/h3-4,11,13H,5-8H2,1-2H3. The number of rotatable bonds is 3. The fourth-order valence-electron chi connectivity index (χ4n) is 2.04. The van der Waals surface area contributed by atoms with Crippen molar-refractivity contribution in [2.45, 2.75) is 32.9 Å². The van der Waals surface area contributed by atoms with Crippen LogP contribution in [0.2, 0.25) is 0 Å². The van der Waals surface area contributed by atoms with E-state index in [1.54, 1.807) is 6.92 Å². The van der Waals surface area contributed by atoms with Crippen molar-refractivity contribution in [1.82, 2.24) is 10.2 Å². The van der Waals surface area contributed by atoms with Gasteiger partial charge in [-0.15, -0.1) is 0 Å². The summed E-state index contributed by atoms with van der Waals surface area (Å²) >= 11 is 0. The number of furan rings is 1. The predicted molar refractivity (Wildman–Crippen MR) is 60.9 cm³/mol. The molecular weight excluding hydrogens is 204 g/mol. The van der Waals surface area contributed by atoms with Crippen molar-refractivity contribution >= 4 is 5.91 Å². The third kappa shape index (κ3) is 2.64. The maximum atomic E-state index is 11.1. The molecule has 2 heterocycles. The Morgan fingerprint density at radius 2 is 2.44 bits per heavy atom. The number of nitrogens with one attached hydrogen (secondary N) is 1. The molecule has 1 N–H and O–H groups in total. The zero-order chi connectivity index (χ0) is 11.5. The van der Waals surface area contributed by atoms with Crippen LogP contribution in [0.1, 0.15) is 24.9 Å². The quantitative estimate of drug-likeness (QED) is 0.838. The second-order valence-electron chi connectivity index (χ2n) is 4.34. The fraction of sp³-hybridized carbons (Fsp3) is 0.583. The molecule has 1 amide bonds. The van der Waals surface area contributed by atoms with Gasteiger partial charge < -0.3 is 14.6 Å². The van der Waals surface area contributed by atoms with Crippen LogP contribution in [-0.4, -0.2) is 29.9 Å². The summed E-state index contributed by atoms with van der Waals surface area (Å²) < 4.78 is 5.47. The monoisotopic (exact) mass is 222 g/mol. The first-order valence-electron chi connectivity index (χ1n) is 5.69. The van der Waals surface area contributed by atoms with Gasteiger partial charge in [-0.2, -0.15) is 0 Å². The smallest absolute Gasteiger partial charge is 0.219 e. The molecule has 1 atom stereocenters. The lowest BCUT2D eigenvalue weighted by Gasteiger charge is -2.14. The van der Waals surface area contributed by atoms with Gasteiger partial charge in [0.2, 0.25) is 5.91 Å². The van der Waals surface area contributed by atoms with Gasteiger partial charge in [0.05, 0.1) is 6.54 Å². The molecule has 0 radical (unpaired) electrons. The van der Waals surface area contributed by atoms with E-state index < -0.39 is 0 Å². The molecule has 1 saturated heterocycles. The van der Waals surface area contributed by atoms with Gasteiger partial charge in [0.1, 0.15) is 11.5 Å². The average Bonchev–Trinajstić information content (AvgIpc) is 2.83. The van der Waals surface area contributed by atoms with Crippen LogP contribution in [0.15, 0.2) is 16.5 Å². The van der Waals surface area contributed by atoms with Crippen LogP contribution in [0.3, 0.4) is 0 Å². The predicted octanol–water partition coefficient (Wildman–Crippen LogP) is 1.30. The van der Waals surface area contributed by atoms with Crippen molar-refractivity contribution in [3.63, 3.8) is 0 Å². The van der Waals surface area contributed by atoms with Gasteiger partial charge in [0.15, 0.2) is 0 Å². The molecule has 1 aromatic heterocycles. The van der Waals surface area contributed by atoms with Crippen LogP contribution in [-0.2, 0) is 11.3 Å². The van der Waals surface area contributed by atoms with Crippen LogP contribution < -0.4 is 5.32 Å². The maximum Gasteiger partial charge on any atom is 0.219 e. The largest absolute Gasteiger partial charge is 0.465 e. The van der Waals surface area contributed by atoms with Gasteiger partial charge >= 0.3 is 0 Å². The Morgan fingerprint density at radius 3 is 3.00 bits per heavy atom. The van der Waals surface area contributed by atoms with Gasteiger partial charge in [0.25, 0.3) is 0 Å². The second kappa shape index (κ2) is 4.70. The van der Waals surface area contributed by atoms with Gasteiger partial charge in [0, 0.05) is 26.1 Å². The van der Waals surface area contributed by atoms with Crippen molar-refractivity contribution < 1.29 is 9.21 Å². The number of hydrogen-bond acceptors (Lipinski definition) is 3. The number of nitrogens with zero attached hydrogens (tertiary/aromatic N) is 1. The van der Waals surface area contributed by atoms with E-state index in [0.717, 1.165) is 37.6 Å². The highest BCUT2D eigenvalue weighted by Crippen LogP contribution is 2.11. The minimum absolute atomic E-state index is 0.165. The molecule has 4 nitrogen and oxygen atoms in total. The van der Waals surface area contributed by atoms with E-state index in [9.17, 15) is 4.79 Å². The summed E-state index contributed by atoms with van der Waals surface area (Å²) in [6.07, 6.45) is 1.03. The Balaban J connectivity index is 1.77. The molecule has 1 unspecified atom stereocenters. The first-order chi connectivity index (χ1) is 7.65. The van der Waals surface area contributed by atoms with E-state index in [4.69, 9.17) is 4.42 Å². The van der Waals surface area contributed by atoms with Crippen LogP contribution in [0.25, 0.3) is 0 Å². The summed E-state index contributed by atoms with van der Waals surface area (Å²) in [7, 11) is 0. The molecule has 0 saturated carbocycles. The average molecular weight is 222 g/mol. The topological polar surface area (TPSA) is 45.5 Å². The number of hydrogen-bond donors (Lipinski definition) is 1. The summed E-state index contributed by atoms with van der Waals surface area (Å²) in [6, 6.07) is 4.35. The Morgan fingerprint density at radius 1 is 1.62 bits per heavy atom. The molecule has 0 aliphatic carbocycles. The van der Waals surface area contributed by atoms with Gasteiger partial charge in [-0.3, -0.25) is 4.79 Å². The van der Waals surface area contributed by atoms with E-state index >= 15 is 0 Å². The molecule has 1 fully saturated rings. The number of likely N-dealkylation sites (tertiary alicyclic amines) is 1. The van der Waals surface area contributed by atoms with E-state index in [2.05, 4.69) is 5.32 Å². The molecule has 1 aliphatic heterocycles. The third-order valence-corrected chi connectivity index (χ3v) is 2.99. The number of amides is 1. The summed E-state index contributed by atoms with van der Waals surface area (Å²) in [5, 5.41) is 3.41. The number of carbonyl (C=O) groups is 1. The van der Waals surface area contributed by atoms with Crippen molar-refractivity contribution in [2.75, 3.05) is 13.1 Å². The van der Waals surface area contributed by atoms with Crippen molar-refractivity contribution in [3.8, 4) is 0 Å². The minimum Gasteiger partial charge on any atom is -0.465 e. The molecule has 4 heteroatoms. The normalized spacial score (nSPS) is 20.4. The van der Waals surface area contributed by atoms with Gasteiger partial charge in [-0.1, -0.05) is 0 Å². The lowest BCUT2D eigenvalue weighted by molar-refractivity contribution is -0.127. The molecular formula is C12H18N2O2. The van der Waals surface area contributed by atoms with Gasteiger partial charge in [-0.05, 0) is 25.5 Å². The van der Waals surface area contributed by atoms with E-state index in [-0.39, 0.29) is 5.91 Å². The highest BCUT2D eigenvalue weighted by Gasteiger charge is 2.23. The summed E-state index contributed by atoms with van der Waals surface area (Å²) in [4.78, 5) is 13.0. The molecule has 88 valence electrons. The number of aryl methyl sites for hydroxylation is 1. The van der Waals surface area contributed by atoms with Crippen LogP contribution >= 0.6 is 0 Å². The first-order valence-corrected chi connectivity index (χ1v) is 5.69. The summed E-state index contributed by atoms with van der Waals surface area (Å²) in [5.41, 5.74) is 0. The van der Waals surface area contributed by atoms with E-state index in [1.165, 1.54) is 0 Å². The molecule has 2 rings (SSSR count). The minimum atomic E-state index is 0.165. The molecule has 0 aromatic carbocycles. The van der Waals surface area contributed by atoms with Crippen LogP contribution in [0.4, 0.5) is 0 Å². The SMILES string of the molecule is CC(=O)N1CCC(NCc2ccc(C)o2)C1. The summed E-state index contributed by atoms with van der Waals surface area (Å²) in [6.45, 7) is 5.98. The highest BCUT2D eigenvalue weighted by atomic mass is 16.3. The Hall–Kier alpha value is -1.29. The van der Waals surface area contributed by atoms with Gasteiger partial charge in [-0.25, -0.2) is 0 Å². The van der Waals surface area contributed by atoms with Crippen LogP contribution in [0, 0.1) is 6.92 Å². The maximum absolute atomic E-state index is 11.1. The van der Waals surface area contributed by atoms with E-state index in [1.807, 2.05) is 24.0 Å². The lowest BCUT2D eigenvalue weighted by atomic mass is 10.2. The molecule has 1 aliphatic rings. The van der Waals surface area contributed by atoms with E-state index in [0.29, 0.717) is 6.04 Å². The molecule has 0 bridgehead atoms. The number of carbonyl (C=O) groups excluding carboxylic acids is 1. The lowest BCUT2D eigenvalue weighted by Crippen LogP contribution is -2.33. The molecule has 16 heavy (non-hydrogen) atoms. The highest BCUT2D eigenvalue weighted by molar-refractivity contribution is 5.73. The Bertz CT molecular complexity index is 373. The Labute approximate surface area is 95.6 Å². The Kier molecular flexibility index (Phi) is 3.29. The third-order valence-electron chi connectivity index (χ3n) is 2.99. The van der Waals surface area contributed by atoms with Crippen molar-refractivity contribution in [2.24, 2.45) is 0 Å². The van der Waals surface area contributed by atoms with Crippen molar-refractivity contribution in [3.05, 3.63) is 23.7 Å².